The van der Waals surface area contributed by atoms with Gasteiger partial charge in [0.15, 0.2) is 0 Å². The standard InChI is InChI=1S/C14H12BrFN2O/c1-19-14-8-12(15)13(16)7-10(14)9-17-18-11-5-3-2-4-6-11/h2-9,18H,1H3. The monoisotopic (exact) mass is 322 g/mol. The van der Waals surface area contributed by atoms with Gasteiger partial charge in [0.2, 0.25) is 0 Å². The third-order valence-corrected chi connectivity index (χ3v) is 3.05. The summed E-state index contributed by atoms with van der Waals surface area (Å²) >= 11 is 3.11. The lowest BCUT2D eigenvalue weighted by molar-refractivity contribution is 0.412. The van der Waals surface area contributed by atoms with Crippen molar-refractivity contribution >= 4 is 27.8 Å². The van der Waals surface area contributed by atoms with E-state index in [0.29, 0.717) is 15.8 Å². The second-order valence-electron chi connectivity index (χ2n) is 3.74. The lowest BCUT2D eigenvalue weighted by atomic mass is 10.2. The van der Waals surface area contributed by atoms with Crippen LogP contribution < -0.4 is 10.2 Å². The molecule has 0 amide bonds. The molecular formula is C14H12BrFN2O. The Balaban J connectivity index is 2.16. The van der Waals surface area contributed by atoms with Gasteiger partial charge in [-0.25, -0.2) is 4.39 Å². The predicted octanol–water partition coefficient (Wildman–Crippen LogP) is 4.04. The van der Waals surface area contributed by atoms with Gasteiger partial charge in [0.05, 0.1) is 23.5 Å². The summed E-state index contributed by atoms with van der Waals surface area (Å²) in [5.41, 5.74) is 4.28. The Hall–Kier alpha value is -1.88. The van der Waals surface area contributed by atoms with Crippen LogP contribution in [0.15, 0.2) is 52.0 Å². The van der Waals surface area contributed by atoms with Gasteiger partial charge < -0.3 is 4.74 Å². The third kappa shape index (κ3) is 3.54. The summed E-state index contributed by atoms with van der Waals surface area (Å²) in [7, 11) is 1.53. The number of hydrazone groups is 1. The second kappa shape index (κ2) is 6.33. The minimum atomic E-state index is -0.359. The molecule has 2 rings (SSSR count). The molecule has 2 aromatic carbocycles. The minimum Gasteiger partial charge on any atom is -0.496 e. The highest BCUT2D eigenvalue weighted by molar-refractivity contribution is 9.10. The number of hydrogen-bond acceptors (Lipinski definition) is 3. The van der Waals surface area contributed by atoms with Crippen molar-refractivity contribution in [1.29, 1.82) is 0 Å². The summed E-state index contributed by atoms with van der Waals surface area (Å²) in [5, 5.41) is 4.05. The molecule has 0 spiro atoms. The second-order valence-corrected chi connectivity index (χ2v) is 4.60. The number of anilines is 1. The van der Waals surface area contributed by atoms with Crippen LogP contribution in [0.2, 0.25) is 0 Å². The number of benzene rings is 2. The summed E-state index contributed by atoms with van der Waals surface area (Å²) in [5.74, 6) is 0.189. The predicted molar refractivity (Wildman–Crippen MR) is 78.3 cm³/mol. The van der Waals surface area contributed by atoms with Crippen LogP contribution in [0.1, 0.15) is 5.56 Å². The third-order valence-electron chi connectivity index (χ3n) is 2.44. The normalized spacial score (nSPS) is 10.7. The zero-order chi connectivity index (χ0) is 13.7. The zero-order valence-electron chi connectivity index (χ0n) is 10.2. The number of nitrogens with one attached hydrogen (secondary N) is 1. The Morgan fingerprint density at radius 3 is 2.68 bits per heavy atom. The van der Waals surface area contributed by atoms with Gasteiger partial charge >= 0.3 is 0 Å². The molecule has 98 valence electrons. The summed E-state index contributed by atoms with van der Waals surface area (Å²) in [6, 6.07) is 12.4. The number of methoxy groups -OCH3 is 1. The molecular weight excluding hydrogens is 311 g/mol. The molecule has 0 heterocycles. The van der Waals surface area contributed by atoms with E-state index >= 15 is 0 Å². The smallest absolute Gasteiger partial charge is 0.138 e. The SMILES string of the molecule is COc1cc(Br)c(F)cc1C=NNc1ccccc1. The summed E-state index contributed by atoms with van der Waals surface area (Å²) < 4.78 is 19.0. The van der Waals surface area contributed by atoms with E-state index < -0.39 is 0 Å². The molecule has 0 fully saturated rings. The molecule has 0 aliphatic carbocycles. The molecule has 0 aromatic heterocycles. The van der Waals surface area contributed by atoms with Gasteiger partial charge in [-0.1, -0.05) is 18.2 Å². The van der Waals surface area contributed by atoms with Gasteiger partial charge in [0.1, 0.15) is 11.6 Å². The molecule has 0 radical (unpaired) electrons. The van der Waals surface area contributed by atoms with E-state index in [2.05, 4.69) is 26.5 Å². The maximum atomic E-state index is 13.5. The van der Waals surface area contributed by atoms with Crippen molar-refractivity contribution in [3.8, 4) is 5.75 Å². The van der Waals surface area contributed by atoms with Crippen LogP contribution in [-0.4, -0.2) is 13.3 Å². The average molecular weight is 323 g/mol. The number of para-hydroxylation sites is 1. The van der Waals surface area contributed by atoms with Gasteiger partial charge in [0, 0.05) is 5.56 Å². The van der Waals surface area contributed by atoms with E-state index in [1.807, 2.05) is 30.3 Å². The molecule has 0 saturated carbocycles. The van der Waals surface area contributed by atoms with Crippen LogP contribution >= 0.6 is 15.9 Å². The van der Waals surface area contributed by atoms with Crippen LogP contribution in [0, 0.1) is 5.82 Å². The fourth-order valence-corrected chi connectivity index (χ4v) is 1.83. The van der Waals surface area contributed by atoms with Crippen LogP contribution in [0.5, 0.6) is 5.75 Å². The topological polar surface area (TPSA) is 33.6 Å². The molecule has 0 aliphatic rings. The van der Waals surface area contributed by atoms with E-state index in [9.17, 15) is 4.39 Å². The lowest BCUT2D eigenvalue weighted by Crippen LogP contribution is -1.95. The number of halogens is 2. The van der Waals surface area contributed by atoms with Crippen LogP contribution in [-0.2, 0) is 0 Å². The maximum Gasteiger partial charge on any atom is 0.138 e. The van der Waals surface area contributed by atoms with E-state index in [1.54, 1.807) is 6.07 Å². The van der Waals surface area contributed by atoms with Crippen LogP contribution in [0.25, 0.3) is 0 Å². The van der Waals surface area contributed by atoms with Crippen LogP contribution in [0.4, 0.5) is 10.1 Å². The molecule has 2 aromatic rings. The van der Waals surface area contributed by atoms with Gasteiger partial charge in [-0.3, -0.25) is 5.43 Å². The molecule has 19 heavy (non-hydrogen) atoms. The summed E-state index contributed by atoms with van der Waals surface area (Å²) in [4.78, 5) is 0. The highest BCUT2D eigenvalue weighted by Crippen LogP contribution is 2.25. The molecule has 5 heteroatoms. The number of ether oxygens (including phenoxy) is 1. The first-order chi connectivity index (χ1) is 9.20. The first-order valence-corrected chi connectivity index (χ1v) is 6.37. The molecule has 3 nitrogen and oxygen atoms in total. The van der Waals surface area contributed by atoms with Gasteiger partial charge in [-0.15, -0.1) is 0 Å². The van der Waals surface area contributed by atoms with Crippen molar-refractivity contribution < 1.29 is 9.13 Å². The first-order valence-electron chi connectivity index (χ1n) is 5.58. The largest absolute Gasteiger partial charge is 0.496 e. The zero-order valence-corrected chi connectivity index (χ0v) is 11.8. The lowest BCUT2D eigenvalue weighted by Gasteiger charge is -2.06. The van der Waals surface area contributed by atoms with Crippen molar-refractivity contribution in [2.75, 3.05) is 12.5 Å². The van der Waals surface area contributed by atoms with Crippen molar-refractivity contribution in [2.45, 2.75) is 0 Å². The number of nitrogens with zero attached hydrogens (tertiary/aromatic N) is 1. The average Bonchev–Trinajstić information content (AvgIpc) is 2.43. The van der Waals surface area contributed by atoms with Gasteiger partial charge in [-0.05, 0) is 40.2 Å². The van der Waals surface area contributed by atoms with Crippen molar-refractivity contribution in [3.05, 3.63) is 58.3 Å². The Labute approximate surface area is 119 Å². The van der Waals surface area contributed by atoms with E-state index in [0.717, 1.165) is 5.69 Å². The van der Waals surface area contributed by atoms with E-state index in [-0.39, 0.29) is 5.82 Å². The Kier molecular flexibility index (Phi) is 4.52. The van der Waals surface area contributed by atoms with E-state index in [1.165, 1.54) is 19.4 Å². The number of hydrogen-bond donors (Lipinski definition) is 1. The van der Waals surface area contributed by atoms with Crippen molar-refractivity contribution in [2.24, 2.45) is 5.10 Å². The molecule has 1 N–H and O–H groups in total. The Bertz CT molecular complexity index is 587. The summed E-state index contributed by atoms with van der Waals surface area (Å²) in [6.07, 6.45) is 1.52. The molecule has 0 atom stereocenters. The van der Waals surface area contributed by atoms with Crippen molar-refractivity contribution in [3.63, 3.8) is 0 Å². The molecule has 0 saturated heterocycles. The van der Waals surface area contributed by atoms with Gasteiger partial charge in [-0.2, -0.15) is 5.10 Å². The molecule has 0 bridgehead atoms. The van der Waals surface area contributed by atoms with Gasteiger partial charge in [0.25, 0.3) is 0 Å². The maximum absolute atomic E-state index is 13.5. The Morgan fingerprint density at radius 2 is 2.00 bits per heavy atom. The molecule has 0 unspecified atom stereocenters. The Morgan fingerprint density at radius 1 is 1.26 bits per heavy atom. The van der Waals surface area contributed by atoms with Crippen molar-refractivity contribution in [1.82, 2.24) is 0 Å². The van der Waals surface area contributed by atoms with Crippen LogP contribution in [0.3, 0.4) is 0 Å². The molecule has 0 aliphatic heterocycles. The first kappa shape index (κ1) is 13.5. The highest BCUT2D eigenvalue weighted by Gasteiger charge is 2.06. The number of rotatable bonds is 4. The quantitative estimate of drug-likeness (QED) is 0.680. The highest BCUT2D eigenvalue weighted by atomic mass is 79.9. The fourth-order valence-electron chi connectivity index (χ4n) is 1.51. The summed E-state index contributed by atoms with van der Waals surface area (Å²) in [6.45, 7) is 0. The van der Waals surface area contributed by atoms with E-state index in [4.69, 9.17) is 4.74 Å². The minimum absolute atomic E-state index is 0.359. The fraction of sp³-hybridized carbons (Fsp3) is 0.0714.